The minimum absolute atomic E-state index is 0.0630. The van der Waals surface area contributed by atoms with E-state index >= 15 is 0 Å². The quantitative estimate of drug-likeness (QED) is 0.573. The first-order chi connectivity index (χ1) is 14.1. The van der Waals surface area contributed by atoms with Crippen LogP contribution in [0.3, 0.4) is 0 Å². The lowest BCUT2D eigenvalue weighted by Gasteiger charge is -2.08. The zero-order chi connectivity index (χ0) is 20.5. The van der Waals surface area contributed by atoms with Gasteiger partial charge in [-0.3, -0.25) is 20.4 Å². The van der Waals surface area contributed by atoms with Crippen LogP contribution in [0, 0.1) is 0 Å². The van der Waals surface area contributed by atoms with Crippen LogP contribution >= 0.6 is 0 Å². The van der Waals surface area contributed by atoms with Crippen LogP contribution in [0.4, 0.5) is 0 Å². The number of para-hydroxylation sites is 1. The van der Waals surface area contributed by atoms with Gasteiger partial charge in [0.05, 0.1) is 0 Å². The minimum Gasteiger partial charge on any atom is -0.486 e. The van der Waals surface area contributed by atoms with Gasteiger partial charge in [-0.15, -0.1) is 0 Å². The Balaban J connectivity index is 1.40. The summed E-state index contributed by atoms with van der Waals surface area (Å²) >= 11 is 0. The van der Waals surface area contributed by atoms with Crippen LogP contribution < -0.4 is 20.3 Å². The average Bonchev–Trinajstić information content (AvgIpc) is 3.25. The molecule has 0 aliphatic rings. The lowest BCUT2D eigenvalue weighted by atomic mass is 10.2. The highest BCUT2D eigenvalue weighted by atomic mass is 16.5. The van der Waals surface area contributed by atoms with Gasteiger partial charge < -0.3 is 13.9 Å². The number of furan rings is 1. The number of benzene rings is 2. The molecule has 0 fully saturated rings. The zero-order valence-corrected chi connectivity index (χ0v) is 16.0. The van der Waals surface area contributed by atoms with Gasteiger partial charge in [-0.1, -0.05) is 37.3 Å². The minimum atomic E-state index is -0.573. The van der Waals surface area contributed by atoms with E-state index in [1.807, 2.05) is 42.5 Å². The molecular formula is C22H22N2O5. The fourth-order valence-corrected chi connectivity index (χ4v) is 2.44. The standard InChI is InChI=1S/C22H22N2O5/c1-2-16-8-10-18(11-9-16)28-15-21(25)23-24-22(26)20-13-12-19(29-20)14-27-17-6-4-3-5-7-17/h3-13H,2,14-15H2,1H3,(H,23,25)(H,24,26). The summed E-state index contributed by atoms with van der Waals surface area (Å²) in [7, 11) is 0. The Labute approximate surface area is 168 Å². The van der Waals surface area contributed by atoms with Crippen molar-refractivity contribution in [2.24, 2.45) is 0 Å². The summed E-state index contributed by atoms with van der Waals surface area (Å²) in [4.78, 5) is 23.9. The molecule has 29 heavy (non-hydrogen) atoms. The maximum absolute atomic E-state index is 12.1. The van der Waals surface area contributed by atoms with Gasteiger partial charge in [0.2, 0.25) is 0 Å². The van der Waals surface area contributed by atoms with Crippen molar-refractivity contribution in [3.8, 4) is 11.5 Å². The number of rotatable bonds is 8. The number of carbonyl (C=O) groups excluding carboxylic acids is 2. The highest BCUT2D eigenvalue weighted by Gasteiger charge is 2.13. The smallest absolute Gasteiger partial charge is 0.305 e. The van der Waals surface area contributed by atoms with Crippen LogP contribution in [0.1, 0.15) is 28.8 Å². The maximum atomic E-state index is 12.1. The van der Waals surface area contributed by atoms with Crippen molar-refractivity contribution in [3.05, 3.63) is 83.8 Å². The lowest BCUT2D eigenvalue weighted by molar-refractivity contribution is -0.123. The van der Waals surface area contributed by atoms with Crippen LogP contribution in [0.15, 0.2) is 71.1 Å². The van der Waals surface area contributed by atoms with Crippen molar-refractivity contribution in [1.29, 1.82) is 0 Å². The molecule has 1 aromatic heterocycles. The van der Waals surface area contributed by atoms with Gasteiger partial charge in [0.15, 0.2) is 12.4 Å². The van der Waals surface area contributed by atoms with E-state index in [1.165, 1.54) is 11.6 Å². The molecule has 3 rings (SSSR count). The van der Waals surface area contributed by atoms with Crippen molar-refractivity contribution in [1.82, 2.24) is 10.9 Å². The molecule has 150 valence electrons. The van der Waals surface area contributed by atoms with Gasteiger partial charge in [-0.05, 0) is 48.4 Å². The van der Waals surface area contributed by atoms with Crippen LogP contribution in [0.2, 0.25) is 0 Å². The molecule has 0 bridgehead atoms. The predicted molar refractivity (Wildman–Crippen MR) is 106 cm³/mol. The molecule has 3 aromatic rings. The number of amides is 2. The summed E-state index contributed by atoms with van der Waals surface area (Å²) < 4.78 is 16.4. The summed E-state index contributed by atoms with van der Waals surface area (Å²) in [6, 6.07) is 19.9. The molecule has 0 atom stereocenters. The SMILES string of the molecule is CCc1ccc(OCC(=O)NNC(=O)c2ccc(COc3ccccc3)o2)cc1. The number of ether oxygens (including phenoxy) is 2. The molecule has 2 N–H and O–H groups in total. The van der Waals surface area contributed by atoms with Crippen molar-refractivity contribution in [2.75, 3.05) is 6.61 Å². The fraction of sp³-hybridized carbons (Fsp3) is 0.182. The third-order valence-corrected chi connectivity index (χ3v) is 4.03. The van der Waals surface area contributed by atoms with Crippen molar-refractivity contribution >= 4 is 11.8 Å². The average molecular weight is 394 g/mol. The molecule has 2 aromatic carbocycles. The normalized spacial score (nSPS) is 10.2. The Morgan fingerprint density at radius 3 is 2.31 bits per heavy atom. The first-order valence-corrected chi connectivity index (χ1v) is 9.21. The van der Waals surface area contributed by atoms with E-state index in [4.69, 9.17) is 13.9 Å². The Kier molecular flexibility index (Phi) is 6.89. The highest BCUT2D eigenvalue weighted by molar-refractivity contribution is 5.93. The number of hydrogen-bond acceptors (Lipinski definition) is 5. The fourth-order valence-electron chi connectivity index (χ4n) is 2.44. The number of carbonyl (C=O) groups is 2. The molecule has 0 saturated heterocycles. The largest absolute Gasteiger partial charge is 0.486 e. The number of aryl methyl sites for hydroxylation is 1. The van der Waals surface area contributed by atoms with Gasteiger partial charge in [-0.25, -0.2) is 0 Å². The third kappa shape index (κ3) is 6.14. The maximum Gasteiger partial charge on any atom is 0.305 e. The Morgan fingerprint density at radius 1 is 0.862 bits per heavy atom. The van der Waals surface area contributed by atoms with E-state index < -0.39 is 11.8 Å². The van der Waals surface area contributed by atoms with Crippen LogP contribution in [0.25, 0.3) is 0 Å². The van der Waals surface area contributed by atoms with Crippen LogP contribution in [-0.2, 0) is 17.8 Å². The van der Waals surface area contributed by atoms with Crippen molar-refractivity contribution in [2.45, 2.75) is 20.0 Å². The van der Waals surface area contributed by atoms with E-state index in [2.05, 4.69) is 17.8 Å². The molecule has 0 saturated carbocycles. The lowest BCUT2D eigenvalue weighted by Crippen LogP contribution is -2.43. The van der Waals surface area contributed by atoms with Gasteiger partial charge in [0, 0.05) is 0 Å². The Hall–Kier alpha value is -3.74. The van der Waals surface area contributed by atoms with Crippen molar-refractivity contribution in [3.63, 3.8) is 0 Å². The molecule has 0 aliphatic heterocycles. The molecule has 0 unspecified atom stereocenters. The van der Waals surface area contributed by atoms with Crippen LogP contribution in [0.5, 0.6) is 11.5 Å². The molecule has 7 heteroatoms. The molecular weight excluding hydrogens is 372 g/mol. The zero-order valence-electron chi connectivity index (χ0n) is 16.0. The third-order valence-electron chi connectivity index (χ3n) is 4.03. The number of nitrogens with one attached hydrogen (secondary N) is 2. The highest BCUT2D eigenvalue weighted by Crippen LogP contribution is 2.14. The summed E-state index contributed by atoms with van der Waals surface area (Å²) in [6.45, 7) is 2.03. The summed E-state index contributed by atoms with van der Waals surface area (Å²) in [5.74, 6) is 0.773. The van der Waals surface area contributed by atoms with Crippen molar-refractivity contribution < 1.29 is 23.5 Å². The van der Waals surface area contributed by atoms with E-state index in [1.54, 1.807) is 18.2 Å². The first-order valence-electron chi connectivity index (χ1n) is 9.21. The summed E-state index contributed by atoms with van der Waals surface area (Å²) in [5.41, 5.74) is 5.75. The monoisotopic (exact) mass is 394 g/mol. The predicted octanol–water partition coefficient (Wildman–Crippen LogP) is 3.26. The van der Waals surface area contributed by atoms with Gasteiger partial charge in [0.25, 0.3) is 5.91 Å². The van der Waals surface area contributed by atoms with Gasteiger partial charge in [0.1, 0.15) is 23.9 Å². The number of hydrogen-bond donors (Lipinski definition) is 2. The van der Waals surface area contributed by atoms with E-state index in [0.717, 1.165) is 6.42 Å². The molecule has 0 aliphatic carbocycles. The van der Waals surface area contributed by atoms with E-state index in [-0.39, 0.29) is 19.0 Å². The van der Waals surface area contributed by atoms with Gasteiger partial charge in [-0.2, -0.15) is 0 Å². The number of hydrazine groups is 1. The van der Waals surface area contributed by atoms with E-state index in [0.29, 0.717) is 17.3 Å². The Morgan fingerprint density at radius 2 is 1.59 bits per heavy atom. The topological polar surface area (TPSA) is 89.8 Å². The first kappa shape index (κ1) is 20.0. The second kappa shape index (κ2) is 9.98. The second-order valence-electron chi connectivity index (χ2n) is 6.16. The van der Waals surface area contributed by atoms with Crippen LogP contribution in [-0.4, -0.2) is 18.4 Å². The van der Waals surface area contributed by atoms with E-state index in [9.17, 15) is 9.59 Å². The Bertz CT molecular complexity index is 935. The molecule has 1 heterocycles. The molecule has 2 amide bonds. The molecule has 0 radical (unpaired) electrons. The molecule has 7 nitrogen and oxygen atoms in total. The molecule has 0 spiro atoms. The van der Waals surface area contributed by atoms with Gasteiger partial charge >= 0.3 is 5.91 Å². The second-order valence-corrected chi connectivity index (χ2v) is 6.16. The summed E-state index contributed by atoms with van der Waals surface area (Å²) in [5, 5.41) is 0. The summed E-state index contributed by atoms with van der Waals surface area (Å²) in [6.07, 6.45) is 0.930.